The maximum atomic E-state index is 6.23. The minimum atomic E-state index is -0.00888. The Labute approximate surface area is 108 Å². The van der Waals surface area contributed by atoms with Crippen molar-refractivity contribution in [2.75, 3.05) is 20.8 Å². The molecule has 4 heteroatoms. The average molecular weight is 250 g/mol. The molecule has 1 aromatic carbocycles. The molecule has 1 fully saturated rings. The van der Waals surface area contributed by atoms with E-state index in [0.29, 0.717) is 6.04 Å². The van der Waals surface area contributed by atoms with Gasteiger partial charge in [0.25, 0.3) is 0 Å². The number of rotatable bonds is 6. The second kappa shape index (κ2) is 5.59. The quantitative estimate of drug-likeness (QED) is 0.808. The van der Waals surface area contributed by atoms with E-state index < -0.39 is 0 Å². The second-order valence-corrected chi connectivity index (χ2v) is 4.85. The topological polar surface area (TPSA) is 56.5 Å². The van der Waals surface area contributed by atoms with Crippen molar-refractivity contribution in [3.05, 3.63) is 23.3 Å². The van der Waals surface area contributed by atoms with E-state index in [-0.39, 0.29) is 6.04 Å². The van der Waals surface area contributed by atoms with Gasteiger partial charge in [0.2, 0.25) is 0 Å². The molecule has 1 unspecified atom stereocenters. The summed E-state index contributed by atoms with van der Waals surface area (Å²) >= 11 is 0. The lowest BCUT2D eigenvalue weighted by Gasteiger charge is -2.18. The number of nitrogens with two attached hydrogens (primary N) is 1. The van der Waals surface area contributed by atoms with Crippen molar-refractivity contribution in [3.63, 3.8) is 0 Å². The first-order chi connectivity index (χ1) is 8.65. The Balaban J connectivity index is 2.14. The van der Waals surface area contributed by atoms with E-state index in [1.54, 1.807) is 14.2 Å². The van der Waals surface area contributed by atoms with E-state index in [9.17, 15) is 0 Å². The summed E-state index contributed by atoms with van der Waals surface area (Å²) in [6.07, 6.45) is 2.55. The minimum Gasteiger partial charge on any atom is -0.493 e. The molecular weight excluding hydrogens is 228 g/mol. The van der Waals surface area contributed by atoms with Gasteiger partial charge in [0.1, 0.15) is 0 Å². The first kappa shape index (κ1) is 13.2. The van der Waals surface area contributed by atoms with Crippen LogP contribution in [-0.4, -0.2) is 26.8 Å². The molecule has 0 aromatic heterocycles. The lowest BCUT2D eigenvalue weighted by Crippen LogP contribution is -2.28. The molecule has 1 atom stereocenters. The molecule has 0 radical (unpaired) electrons. The number of hydrogen-bond acceptors (Lipinski definition) is 4. The van der Waals surface area contributed by atoms with Crippen LogP contribution in [0, 0.1) is 6.92 Å². The predicted molar refractivity (Wildman–Crippen MR) is 72.2 cm³/mol. The van der Waals surface area contributed by atoms with Gasteiger partial charge in [0, 0.05) is 18.6 Å². The molecule has 0 aliphatic heterocycles. The van der Waals surface area contributed by atoms with Crippen LogP contribution in [0.1, 0.15) is 30.0 Å². The van der Waals surface area contributed by atoms with Gasteiger partial charge in [-0.25, -0.2) is 0 Å². The van der Waals surface area contributed by atoms with E-state index in [2.05, 4.69) is 5.32 Å². The number of benzene rings is 1. The van der Waals surface area contributed by atoms with Crippen LogP contribution in [0.3, 0.4) is 0 Å². The fraction of sp³-hybridized carbons (Fsp3) is 0.571. The Morgan fingerprint density at radius 1 is 1.28 bits per heavy atom. The zero-order valence-electron chi connectivity index (χ0n) is 11.3. The molecule has 100 valence electrons. The Morgan fingerprint density at radius 2 is 1.89 bits per heavy atom. The lowest BCUT2D eigenvalue weighted by atomic mass is 10.0. The first-order valence-electron chi connectivity index (χ1n) is 6.37. The second-order valence-electron chi connectivity index (χ2n) is 4.85. The van der Waals surface area contributed by atoms with Gasteiger partial charge < -0.3 is 20.5 Å². The van der Waals surface area contributed by atoms with Crippen molar-refractivity contribution in [1.82, 2.24) is 5.32 Å². The molecule has 18 heavy (non-hydrogen) atoms. The minimum absolute atomic E-state index is 0.00888. The van der Waals surface area contributed by atoms with E-state index in [1.165, 1.54) is 12.8 Å². The molecule has 0 amide bonds. The number of nitrogens with one attached hydrogen (secondary N) is 1. The van der Waals surface area contributed by atoms with Crippen molar-refractivity contribution < 1.29 is 9.47 Å². The maximum absolute atomic E-state index is 6.23. The predicted octanol–water partition coefficient (Wildman–Crippen LogP) is 1.76. The van der Waals surface area contributed by atoms with Gasteiger partial charge in [-0.2, -0.15) is 0 Å². The smallest absolute Gasteiger partial charge is 0.161 e. The SMILES string of the molecule is COc1cc(C)c(C(N)CNC2CC2)cc1OC. The molecule has 1 aromatic rings. The van der Waals surface area contributed by atoms with Crippen molar-refractivity contribution in [1.29, 1.82) is 0 Å². The summed E-state index contributed by atoms with van der Waals surface area (Å²) in [5, 5.41) is 3.45. The van der Waals surface area contributed by atoms with Gasteiger partial charge in [-0.15, -0.1) is 0 Å². The summed E-state index contributed by atoms with van der Waals surface area (Å²) in [4.78, 5) is 0. The summed E-state index contributed by atoms with van der Waals surface area (Å²) in [6, 6.07) is 4.63. The van der Waals surface area contributed by atoms with Crippen molar-refractivity contribution >= 4 is 0 Å². The van der Waals surface area contributed by atoms with Crippen molar-refractivity contribution in [2.24, 2.45) is 5.73 Å². The van der Waals surface area contributed by atoms with Gasteiger partial charge >= 0.3 is 0 Å². The van der Waals surface area contributed by atoms with E-state index in [4.69, 9.17) is 15.2 Å². The van der Waals surface area contributed by atoms with Gasteiger partial charge in [0.05, 0.1) is 14.2 Å². The van der Waals surface area contributed by atoms with Crippen molar-refractivity contribution in [2.45, 2.75) is 31.8 Å². The highest BCUT2D eigenvalue weighted by atomic mass is 16.5. The highest BCUT2D eigenvalue weighted by Crippen LogP contribution is 2.32. The molecular formula is C14H22N2O2. The molecule has 1 saturated carbocycles. The summed E-state index contributed by atoms with van der Waals surface area (Å²) in [5.74, 6) is 1.49. The Hall–Kier alpha value is -1.26. The Kier molecular flexibility index (Phi) is 4.09. The van der Waals surface area contributed by atoms with Crippen molar-refractivity contribution in [3.8, 4) is 11.5 Å². The highest BCUT2D eigenvalue weighted by Gasteiger charge is 2.22. The summed E-state index contributed by atoms with van der Waals surface area (Å²) in [5.41, 5.74) is 8.48. The van der Waals surface area contributed by atoms with Crippen LogP contribution in [0.4, 0.5) is 0 Å². The lowest BCUT2D eigenvalue weighted by molar-refractivity contribution is 0.353. The maximum Gasteiger partial charge on any atom is 0.161 e. The number of hydrogen-bond donors (Lipinski definition) is 2. The van der Waals surface area contributed by atoms with Crippen LogP contribution in [0.5, 0.6) is 11.5 Å². The Bertz CT molecular complexity index is 417. The third kappa shape index (κ3) is 2.94. The van der Waals surface area contributed by atoms with Crippen LogP contribution >= 0.6 is 0 Å². The van der Waals surface area contributed by atoms with E-state index >= 15 is 0 Å². The third-order valence-corrected chi connectivity index (χ3v) is 3.38. The van der Waals surface area contributed by atoms with E-state index in [0.717, 1.165) is 29.2 Å². The molecule has 1 aliphatic carbocycles. The van der Waals surface area contributed by atoms with Crippen LogP contribution in [-0.2, 0) is 0 Å². The van der Waals surface area contributed by atoms with Gasteiger partial charge in [-0.1, -0.05) is 0 Å². The van der Waals surface area contributed by atoms with Crippen LogP contribution in [0.2, 0.25) is 0 Å². The summed E-state index contributed by atoms with van der Waals surface area (Å²) in [7, 11) is 3.29. The zero-order chi connectivity index (χ0) is 13.1. The van der Waals surface area contributed by atoms with Gasteiger partial charge in [0.15, 0.2) is 11.5 Å². The highest BCUT2D eigenvalue weighted by molar-refractivity contribution is 5.48. The number of aryl methyl sites for hydroxylation is 1. The normalized spacial score (nSPS) is 16.4. The largest absolute Gasteiger partial charge is 0.493 e. The zero-order valence-corrected chi connectivity index (χ0v) is 11.3. The molecule has 0 bridgehead atoms. The average Bonchev–Trinajstić information content (AvgIpc) is 3.19. The standard InChI is InChI=1S/C14H22N2O2/c1-9-6-13(17-2)14(18-3)7-11(9)12(15)8-16-10-4-5-10/h6-7,10,12,16H,4-5,8,15H2,1-3H3. The molecule has 2 rings (SSSR count). The molecule has 0 saturated heterocycles. The molecule has 0 spiro atoms. The molecule has 0 heterocycles. The monoisotopic (exact) mass is 250 g/mol. The van der Waals surface area contributed by atoms with Gasteiger partial charge in [-0.05, 0) is 43.0 Å². The van der Waals surface area contributed by atoms with Gasteiger partial charge in [-0.3, -0.25) is 0 Å². The molecule has 4 nitrogen and oxygen atoms in total. The first-order valence-corrected chi connectivity index (χ1v) is 6.37. The van der Waals surface area contributed by atoms with Crippen LogP contribution in [0.25, 0.3) is 0 Å². The fourth-order valence-electron chi connectivity index (χ4n) is 2.09. The van der Waals surface area contributed by atoms with Crippen LogP contribution in [0.15, 0.2) is 12.1 Å². The van der Waals surface area contributed by atoms with Crippen LogP contribution < -0.4 is 20.5 Å². The third-order valence-electron chi connectivity index (χ3n) is 3.38. The molecule has 1 aliphatic rings. The summed E-state index contributed by atoms with van der Waals surface area (Å²) in [6.45, 7) is 2.86. The fourth-order valence-corrected chi connectivity index (χ4v) is 2.09. The number of ether oxygens (including phenoxy) is 2. The summed E-state index contributed by atoms with van der Waals surface area (Å²) < 4.78 is 10.6. The van der Waals surface area contributed by atoms with E-state index in [1.807, 2.05) is 19.1 Å². The molecule has 3 N–H and O–H groups in total. The Morgan fingerprint density at radius 3 is 2.44 bits per heavy atom. The number of methoxy groups -OCH3 is 2.